The number of fused-ring (bicyclic) bond motifs is 1. The van der Waals surface area contributed by atoms with E-state index in [4.69, 9.17) is 17.3 Å². The molecule has 3 rings (SSSR count). The highest BCUT2D eigenvalue weighted by molar-refractivity contribution is 6.30. The minimum atomic E-state index is -0.495. The van der Waals surface area contributed by atoms with E-state index in [-0.39, 0.29) is 11.8 Å². The van der Waals surface area contributed by atoms with Crippen LogP contribution >= 0.6 is 11.6 Å². The Balaban J connectivity index is 1.50. The van der Waals surface area contributed by atoms with E-state index in [2.05, 4.69) is 11.4 Å². The van der Waals surface area contributed by atoms with Gasteiger partial charge in [-0.05, 0) is 54.9 Å². The Kier molecular flexibility index (Phi) is 5.41. The highest BCUT2D eigenvalue weighted by Gasteiger charge is 2.29. The fourth-order valence-electron chi connectivity index (χ4n) is 3.83. The largest absolute Gasteiger partial charge is 0.354 e. The standard InChI is InChI=1S/C18H24ClN3O2/c19-15-3-4-16-13(9-15)1-2-14(16)10-21-18(24)17(20)12-5-7-22(11-23)8-6-12/h3-4,9,11-12,14,17H,1-2,5-8,10,20H2,(H,21,24). The predicted octanol–water partition coefficient (Wildman–Crippen LogP) is 1.68. The Morgan fingerprint density at radius 2 is 2.12 bits per heavy atom. The molecule has 6 heteroatoms. The van der Waals surface area contributed by atoms with Crippen LogP contribution in [0.25, 0.3) is 0 Å². The van der Waals surface area contributed by atoms with E-state index >= 15 is 0 Å². The number of benzene rings is 1. The van der Waals surface area contributed by atoms with Gasteiger partial charge in [-0.2, -0.15) is 0 Å². The zero-order valence-corrected chi connectivity index (χ0v) is 14.5. The van der Waals surface area contributed by atoms with Gasteiger partial charge in [0.05, 0.1) is 6.04 Å². The van der Waals surface area contributed by atoms with Crippen LogP contribution in [-0.4, -0.2) is 42.9 Å². The molecule has 2 unspecified atom stereocenters. The van der Waals surface area contributed by atoms with Crippen molar-refractivity contribution >= 4 is 23.9 Å². The summed E-state index contributed by atoms with van der Waals surface area (Å²) >= 11 is 6.04. The van der Waals surface area contributed by atoms with Gasteiger partial charge in [-0.3, -0.25) is 9.59 Å². The number of likely N-dealkylation sites (tertiary alicyclic amines) is 1. The van der Waals surface area contributed by atoms with Crippen molar-refractivity contribution in [3.05, 3.63) is 34.3 Å². The molecule has 1 saturated heterocycles. The second-order valence-electron chi connectivity index (χ2n) is 6.83. The van der Waals surface area contributed by atoms with Crippen molar-refractivity contribution in [1.29, 1.82) is 0 Å². The number of rotatable bonds is 5. The Labute approximate surface area is 147 Å². The number of hydrogen-bond acceptors (Lipinski definition) is 3. The molecule has 2 amide bonds. The Morgan fingerprint density at radius 3 is 2.83 bits per heavy atom. The molecule has 1 heterocycles. The van der Waals surface area contributed by atoms with E-state index in [0.717, 1.165) is 37.1 Å². The molecule has 2 atom stereocenters. The quantitative estimate of drug-likeness (QED) is 0.794. The van der Waals surface area contributed by atoms with Crippen molar-refractivity contribution in [2.24, 2.45) is 11.7 Å². The van der Waals surface area contributed by atoms with Crippen molar-refractivity contribution in [3.63, 3.8) is 0 Å². The average molecular weight is 350 g/mol. The predicted molar refractivity (Wildman–Crippen MR) is 93.9 cm³/mol. The van der Waals surface area contributed by atoms with Gasteiger partial charge in [-0.25, -0.2) is 0 Å². The van der Waals surface area contributed by atoms with Crippen LogP contribution in [0.5, 0.6) is 0 Å². The normalized spacial score (nSPS) is 22.1. The zero-order valence-electron chi connectivity index (χ0n) is 13.7. The lowest BCUT2D eigenvalue weighted by Gasteiger charge is -2.32. The van der Waals surface area contributed by atoms with E-state index in [1.165, 1.54) is 11.1 Å². The third-order valence-corrected chi connectivity index (χ3v) is 5.60. The van der Waals surface area contributed by atoms with Gasteiger partial charge in [0.15, 0.2) is 0 Å². The Hall–Kier alpha value is -1.59. The van der Waals surface area contributed by atoms with E-state index < -0.39 is 6.04 Å². The Morgan fingerprint density at radius 1 is 1.38 bits per heavy atom. The van der Waals surface area contributed by atoms with Crippen molar-refractivity contribution in [3.8, 4) is 0 Å². The molecular formula is C18H24ClN3O2. The second kappa shape index (κ2) is 7.53. The maximum Gasteiger partial charge on any atom is 0.237 e. The van der Waals surface area contributed by atoms with Crippen molar-refractivity contribution in [2.45, 2.75) is 37.6 Å². The van der Waals surface area contributed by atoms with Gasteiger partial charge >= 0.3 is 0 Å². The van der Waals surface area contributed by atoms with Crippen LogP contribution in [0.4, 0.5) is 0 Å². The minimum absolute atomic E-state index is 0.0815. The van der Waals surface area contributed by atoms with Crippen molar-refractivity contribution < 1.29 is 9.59 Å². The molecule has 0 spiro atoms. The van der Waals surface area contributed by atoms with Crippen LogP contribution in [0, 0.1) is 5.92 Å². The molecule has 0 radical (unpaired) electrons. The van der Waals surface area contributed by atoms with Gasteiger partial charge in [-0.1, -0.05) is 17.7 Å². The second-order valence-corrected chi connectivity index (χ2v) is 7.26. The summed E-state index contributed by atoms with van der Waals surface area (Å²) in [4.78, 5) is 24.9. The fourth-order valence-corrected chi connectivity index (χ4v) is 4.02. The SMILES string of the molecule is NC(C(=O)NCC1CCc2cc(Cl)ccc21)C1CCN(C=O)CC1. The smallest absolute Gasteiger partial charge is 0.237 e. The molecule has 3 N–H and O–H groups in total. The highest BCUT2D eigenvalue weighted by Crippen LogP contribution is 2.34. The summed E-state index contributed by atoms with van der Waals surface area (Å²) in [6.07, 6.45) is 4.48. The molecule has 1 aliphatic carbocycles. The molecule has 5 nitrogen and oxygen atoms in total. The number of carbonyl (C=O) groups excluding carboxylic acids is 2. The number of aryl methyl sites for hydroxylation is 1. The molecule has 0 aromatic heterocycles. The molecule has 0 bridgehead atoms. The topological polar surface area (TPSA) is 75.4 Å². The van der Waals surface area contributed by atoms with E-state index in [9.17, 15) is 9.59 Å². The molecule has 1 aromatic rings. The third kappa shape index (κ3) is 3.73. The number of piperidine rings is 1. The van der Waals surface area contributed by atoms with Gasteiger partial charge in [-0.15, -0.1) is 0 Å². The molecule has 2 aliphatic rings. The summed E-state index contributed by atoms with van der Waals surface area (Å²) in [6, 6.07) is 5.50. The summed E-state index contributed by atoms with van der Waals surface area (Å²) in [5.41, 5.74) is 8.71. The van der Waals surface area contributed by atoms with Crippen LogP contribution in [-0.2, 0) is 16.0 Å². The number of nitrogens with one attached hydrogen (secondary N) is 1. The molecule has 130 valence electrons. The van der Waals surface area contributed by atoms with Gasteiger partial charge in [0, 0.05) is 30.6 Å². The minimum Gasteiger partial charge on any atom is -0.354 e. The molecule has 1 aromatic carbocycles. The number of nitrogens with zero attached hydrogens (tertiary/aromatic N) is 1. The number of hydrogen-bond donors (Lipinski definition) is 2. The molecule has 24 heavy (non-hydrogen) atoms. The van der Waals surface area contributed by atoms with E-state index in [0.29, 0.717) is 25.6 Å². The van der Waals surface area contributed by atoms with Crippen molar-refractivity contribution in [1.82, 2.24) is 10.2 Å². The monoisotopic (exact) mass is 349 g/mol. The first-order valence-electron chi connectivity index (χ1n) is 8.59. The van der Waals surface area contributed by atoms with E-state index in [1.807, 2.05) is 12.1 Å². The number of carbonyl (C=O) groups is 2. The van der Waals surface area contributed by atoms with Gasteiger partial charge < -0.3 is 16.0 Å². The lowest BCUT2D eigenvalue weighted by Crippen LogP contribution is -2.49. The highest BCUT2D eigenvalue weighted by atomic mass is 35.5. The number of amides is 2. The summed E-state index contributed by atoms with van der Waals surface area (Å²) < 4.78 is 0. The maximum atomic E-state index is 12.4. The first-order chi connectivity index (χ1) is 11.6. The van der Waals surface area contributed by atoms with Gasteiger partial charge in [0.25, 0.3) is 0 Å². The van der Waals surface area contributed by atoms with Crippen molar-refractivity contribution in [2.75, 3.05) is 19.6 Å². The van der Waals surface area contributed by atoms with Gasteiger partial charge in [0.2, 0.25) is 12.3 Å². The number of nitrogens with two attached hydrogens (primary N) is 1. The van der Waals surface area contributed by atoms with E-state index in [1.54, 1.807) is 4.90 Å². The summed E-state index contributed by atoms with van der Waals surface area (Å²) in [7, 11) is 0. The maximum absolute atomic E-state index is 12.4. The third-order valence-electron chi connectivity index (χ3n) is 5.36. The summed E-state index contributed by atoms with van der Waals surface area (Å²) in [5, 5.41) is 3.79. The van der Waals surface area contributed by atoms with Crippen LogP contribution in [0.2, 0.25) is 5.02 Å². The summed E-state index contributed by atoms with van der Waals surface area (Å²) in [5.74, 6) is 0.406. The molecular weight excluding hydrogens is 326 g/mol. The average Bonchev–Trinajstić information content (AvgIpc) is 3.01. The lowest BCUT2D eigenvalue weighted by atomic mass is 9.89. The number of halogens is 1. The van der Waals surface area contributed by atoms with Crippen LogP contribution in [0.3, 0.4) is 0 Å². The summed E-state index contributed by atoms with van der Waals surface area (Å²) in [6.45, 7) is 1.99. The first kappa shape index (κ1) is 17.2. The molecule has 1 fully saturated rings. The Bertz CT molecular complexity index is 614. The fraction of sp³-hybridized carbons (Fsp3) is 0.556. The van der Waals surface area contributed by atoms with Crippen LogP contribution in [0.15, 0.2) is 18.2 Å². The van der Waals surface area contributed by atoms with Gasteiger partial charge in [0.1, 0.15) is 0 Å². The first-order valence-corrected chi connectivity index (χ1v) is 8.97. The molecule has 1 aliphatic heterocycles. The molecule has 0 saturated carbocycles. The zero-order chi connectivity index (χ0) is 17.1. The van der Waals surface area contributed by atoms with Crippen LogP contribution in [0.1, 0.15) is 36.3 Å². The van der Waals surface area contributed by atoms with Crippen LogP contribution < -0.4 is 11.1 Å². The lowest BCUT2D eigenvalue weighted by molar-refractivity contribution is -0.124.